The van der Waals surface area contributed by atoms with Crippen LogP contribution in [0.1, 0.15) is 49.5 Å². The van der Waals surface area contributed by atoms with E-state index in [4.69, 9.17) is 23.2 Å². The van der Waals surface area contributed by atoms with Crippen LogP contribution < -0.4 is 10.6 Å². The summed E-state index contributed by atoms with van der Waals surface area (Å²) < 4.78 is 0. The minimum atomic E-state index is -1.15. The summed E-state index contributed by atoms with van der Waals surface area (Å²) >= 11 is 12.2. The molecule has 0 heterocycles. The van der Waals surface area contributed by atoms with E-state index in [-0.39, 0.29) is 27.9 Å². The number of aliphatic carboxylic acids is 1. The van der Waals surface area contributed by atoms with Crippen LogP contribution in [0.5, 0.6) is 0 Å². The largest absolute Gasteiger partial charge is 0.480 e. The number of nitriles is 1. The van der Waals surface area contributed by atoms with E-state index in [0.29, 0.717) is 24.1 Å². The molecular formula is C26H27Cl2N3O4. The van der Waals surface area contributed by atoms with Crippen molar-refractivity contribution in [2.24, 2.45) is 16.7 Å². The lowest BCUT2D eigenvalue weighted by molar-refractivity contribution is -0.143. The topological polar surface area (TPSA) is 119 Å². The Hall–Kier alpha value is -3.08. The highest BCUT2D eigenvalue weighted by Gasteiger charge is 2.54. The Kier molecular flexibility index (Phi) is 7.78. The van der Waals surface area contributed by atoms with Crippen molar-refractivity contribution in [3.63, 3.8) is 0 Å². The number of carbonyl (C=O) groups is 3. The van der Waals surface area contributed by atoms with E-state index in [0.717, 1.165) is 0 Å². The van der Waals surface area contributed by atoms with Gasteiger partial charge in [-0.05, 0) is 55.0 Å². The third kappa shape index (κ3) is 5.44. The molecule has 2 aromatic carbocycles. The SMILES string of the molecule is CC1(C)[C@@H](C(=O)N[C@@H](Cc2ccc(NC(=O)c3c(Cl)cccc3Cl)cc2)C(=O)O)CC[C@@]1(C)C#N. The number of halogens is 2. The predicted molar refractivity (Wildman–Crippen MR) is 134 cm³/mol. The Morgan fingerprint density at radius 2 is 1.71 bits per heavy atom. The van der Waals surface area contributed by atoms with Gasteiger partial charge in [0.25, 0.3) is 5.91 Å². The summed E-state index contributed by atoms with van der Waals surface area (Å²) in [6, 6.07) is 12.6. The molecule has 0 bridgehead atoms. The van der Waals surface area contributed by atoms with Crippen LogP contribution in [0, 0.1) is 28.1 Å². The fraction of sp³-hybridized carbons (Fsp3) is 0.385. The summed E-state index contributed by atoms with van der Waals surface area (Å²) in [7, 11) is 0. The van der Waals surface area contributed by atoms with E-state index in [1.165, 1.54) is 0 Å². The van der Waals surface area contributed by atoms with Crippen LogP contribution in [0.25, 0.3) is 0 Å². The molecule has 3 rings (SSSR count). The fourth-order valence-corrected chi connectivity index (χ4v) is 5.07. The smallest absolute Gasteiger partial charge is 0.326 e. The van der Waals surface area contributed by atoms with Crippen molar-refractivity contribution in [3.05, 3.63) is 63.6 Å². The maximum atomic E-state index is 13.0. The molecule has 0 saturated heterocycles. The Morgan fingerprint density at radius 1 is 1.11 bits per heavy atom. The molecule has 3 atom stereocenters. The summed E-state index contributed by atoms with van der Waals surface area (Å²) in [4.78, 5) is 37.4. The molecule has 0 aliphatic heterocycles. The van der Waals surface area contributed by atoms with Crippen molar-refractivity contribution in [1.29, 1.82) is 5.26 Å². The van der Waals surface area contributed by atoms with Gasteiger partial charge in [0, 0.05) is 18.0 Å². The lowest BCUT2D eigenvalue weighted by Crippen LogP contribution is -2.48. The first-order chi connectivity index (χ1) is 16.4. The van der Waals surface area contributed by atoms with E-state index in [1.807, 2.05) is 20.8 Å². The maximum absolute atomic E-state index is 13.0. The molecule has 2 amide bonds. The molecule has 0 aromatic heterocycles. The van der Waals surface area contributed by atoms with Crippen LogP contribution in [0.4, 0.5) is 5.69 Å². The molecular weight excluding hydrogens is 489 g/mol. The van der Waals surface area contributed by atoms with Gasteiger partial charge in [-0.25, -0.2) is 4.79 Å². The Balaban J connectivity index is 1.67. The van der Waals surface area contributed by atoms with Crippen LogP contribution in [-0.4, -0.2) is 28.9 Å². The fourth-order valence-electron chi connectivity index (χ4n) is 4.50. The Labute approximate surface area is 214 Å². The van der Waals surface area contributed by atoms with E-state index in [9.17, 15) is 24.8 Å². The number of carboxylic acid groups (broad SMARTS) is 1. The lowest BCUT2D eigenvalue weighted by atomic mass is 9.66. The Bertz CT molecular complexity index is 1170. The van der Waals surface area contributed by atoms with Gasteiger partial charge in [-0.2, -0.15) is 5.26 Å². The van der Waals surface area contributed by atoms with Gasteiger partial charge >= 0.3 is 5.97 Å². The normalized spacial score (nSPS) is 21.5. The molecule has 1 aliphatic carbocycles. The summed E-state index contributed by atoms with van der Waals surface area (Å²) in [5.74, 6) is -2.43. The number of carboxylic acids is 1. The molecule has 35 heavy (non-hydrogen) atoms. The molecule has 3 N–H and O–H groups in total. The van der Waals surface area contributed by atoms with Crippen LogP contribution in [0.15, 0.2) is 42.5 Å². The summed E-state index contributed by atoms with van der Waals surface area (Å²) in [6.07, 6.45) is 1.17. The number of rotatable bonds is 7. The van der Waals surface area contributed by atoms with E-state index in [1.54, 1.807) is 42.5 Å². The lowest BCUT2D eigenvalue weighted by Gasteiger charge is -2.36. The van der Waals surface area contributed by atoms with Gasteiger partial charge in [-0.15, -0.1) is 0 Å². The van der Waals surface area contributed by atoms with Crippen LogP contribution in [-0.2, 0) is 16.0 Å². The zero-order chi connectivity index (χ0) is 26.0. The van der Waals surface area contributed by atoms with Gasteiger partial charge in [-0.1, -0.05) is 55.2 Å². The third-order valence-electron chi connectivity index (χ3n) is 7.25. The average Bonchev–Trinajstić information content (AvgIpc) is 3.03. The number of benzene rings is 2. The van der Waals surface area contributed by atoms with Crippen molar-refractivity contribution in [1.82, 2.24) is 5.32 Å². The van der Waals surface area contributed by atoms with Crippen molar-refractivity contribution in [2.45, 2.75) is 46.1 Å². The standard InChI is InChI=1S/C26H27Cl2N3O4/c1-25(2)17(11-12-26(25,3)14-29)22(32)31-20(24(34)35)13-15-7-9-16(10-8-15)30-23(33)21-18(27)5-4-6-19(21)28/h4-10,17,20H,11-13H2,1-3H3,(H,30,33)(H,31,32)(H,34,35)/t17-,20+,26+/m1/s1. The molecule has 184 valence electrons. The average molecular weight is 516 g/mol. The molecule has 0 radical (unpaired) electrons. The summed E-state index contributed by atoms with van der Waals surface area (Å²) in [5.41, 5.74) is 0.0747. The van der Waals surface area contributed by atoms with E-state index in [2.05, 4.69) is 16.7 Å². The van der Waals surface area contributed by atoms with Gasteiger partial charge < -0.3 is 15.7 Å². The summed E-state index contributed by atoms with van der Waals surface area (Å²) in [5, 5.41) is 25.1. The minimum Gasteiger partial charge on any atom is -0.480 e. The van der Waals surface area contributed by atoms with Gasteiger partial charge in [0.15, 0.2) is 0 Å². The zero-order valence-corrected chi connectivity index (χ0v) is 21.2. The quantitative estimate of drug-likeness (QED) is 0.460. The first-order valence-corrected chi connectivity index (χ1v) is 11.9. The van der Waals surface area contributed by atoms with Gasteiger partial charge in [0.05, 0.1) is 27.1 Å². The number of carbonyl (C=O) groups excluding carboxylic acids is 2. The predicted octanol–water partition coefficient (Wildman–Crippen LogP) is 5.32. The Morgan fingerprint density at radius 3 is 2.23 bits per heavy atom. The van der Waals surface area contributed by atoms with Crippen molar-refractivity contribution in [2.75, 3.05) is 5.32 Å². The molecule has 9 heteroatoms. The number of amides is 2. The number of hydrogen-bond donors (Lipinski definition) is 3. The van der Waals surface area contributed by atoms with Crippen molar-refractivity contribution < 1.29 is 19.5 Å². The molecule has 0 unspecified atom stereocenters. The zero-order valence-electron chi connectivity index (χ0n) is 19.7. The van der Waals surface area contributed by atoms with E-state index >= 15 is 0 Å². The second-order valence-corrected chi connectivity index (χ2v) is 10.4. The summed E-state index contributed by atoms with van der Waals surface area (Å²) in [6.45, 7) is 5.60. The second-order valence-electron chi connectivity index (χ2n) is 9.61. The van der Waals surface area contributed by atoms with Gasteiger partial charge in [0.2, 0.25) is 5.91 Å². The van der Waals surface area contributed by atoms with Gasteiger partial charge in [0.1, 0.15) is 6.04 Å². The molecule has 1 saturated carbocycles. The number of hydrogen-bond acceptors (Lipinski definition) is 4. The number of anilines is 1. The van der Waals surface area contributed by atoms with Crippen LogP contribution >= 0.6 is 23.2 Å². The molecule has 2 aromatic rings. The van der Waals surface area contributed by atoms with Crippen molar-refractivity contribution in [3.8, 4) is 6.07 Å². The third-order valence-corrected chi connectivity index (χ3v) is 7.88. The number of nitrogens with zero attached hydrogens (tertiary/aromatic N) is 1. The monoisotopic (exact) mass is 515 g/mol. The number of nitrogens with one attached hydrogen (secondary N) is 2. The molecule has 1 aliphatic rings. The van der Waals surface area contributed by atoms with Crippen LogP contribution in [0.2, 0.25) is 10.0 Å². The minimum absolute atomic E-state index is 0.0638. The first kappa shape index (κ1) is 26.5. The molecule has 1 fully saturated rings. The highest BCUT2D eigenvalue weighted by Crippen LogP contribution is 2.55. The van der Waals surface area contributed by atoms with Crippen LogP contribution in [0.3, 0.4) is 0 Å². The first-order valence-electron chi connectivity index (χ1n) is 11.2. The highest BCUT2D eigenvalue weighted by molar-refractivity contribution is 6.40. The molecule has 7 nitrogen and oxygen atoms in total. The van der Waals surface area contributed by atoms with Gasteiger partial charge in [-0.3, -0.25) is 9.59 Å². The maximum Gasteiger partial charge on any atom is 0.326 e. The highest BCUT2D eigenvalue weighted by atomic mass is 35.5. The van der Waals surface area contributed by atoms with E-state index < -0.39 is 34.7 Å². The second kappa shape index (κ2) is 10.3. The van der Waals surface area contributed by atoms with Crippen molar-refractivity contribution >= 4 is 46.7 Å². The molecule has 0 spiro atoms.